The highest BCUT2D eigenvalue weighted by molar-refractivity contribution is 6.04. The van der Waals surface area contributed by atoms with E-state index in [2.05, 4.69) is 0 Å². The lowest BCUT2D eigenvalue weighted by atomic mass is 10.1. The molecule has 0 spiro atoms. The Kier molecular flexibility index (Phi) is 4.13. The van der Waals surface area contributed by atoms with Gasteiger partial charge in [-0.1, -0.05) is 38.0 Å². The van der Waals surface area contributed by atoms with Crippen LogP contribution in [0.25, 0.3) is 0 Å². The van der Waals surface area contributed by atoms with E-state index in [9.17, 15) is 9.59 Å². The Balaban J connectivity index is 2.23. The van der Waals surface area contributed by atoms with Crippen LogP contribution in [0.4, 0.5) is 0 Å². The molecule has 96 valence electrons. The second-order valence-electron chi connectivity index (χ2n) is 4.73. The maximum absolute atomic E-state index is 12.4. The molecule has 18 heavy (non-hydrogen) atoms. The van der Waals surface area contributed by atoms with Crippen molar-refractivity contribution in [2.75, 3.05) is 0 Å². The molecule has 0 radical (unpaired) electrons. The molecule has 0 N–H and O–H groups in total. The number of imide groups is 1. The number of carbonyl (C=O) groups is 2. The van der Waals surface area contributed by atoms with E-state index < -0.39 is 0 Å². The topological polar surface area (TPSA) is 37.4 Å². The van der Waals surface area contributed by atoms with Crippen LogP contribution in [-0.2, 0) is 4.79 Å². The van der Waals surface area contributed by atoms with Gasteiger partial charge in [0, 0.05) is 18.0 Å². The van der Waals surface area contributed by atoms with Crippen molar-refractivity contribution >= 4 is 11.8 Å². The predicted molar refractivity (Wildman–Crippen MR) is 70.2 cm³/mol. The molecular formula is C15H19NO2. The van der Waals surface area contributed by atoms with Gasteiger partial charge in [-0.05, 0) is 25.0 Å². The predicted octanol–water partition coefficient (Wildman–Crippen LogP) is 3.01. The van der Waals surface area contributed by atoms with E-state index in [0.29, 0.717) is 12.0 Å². The molecule has 3 heteroatoms. The highest BCUT2D eigenvalue weighted by Gasteiger charge is 2.31. The van der Waals surface area contributed by atoms with E-state index in [0.717, 1.165) is 25.7 Å². The molecule has 0 unspecified atom stereocenters. The average Bonchev–Trinajstić information content (AvgIpc) is 2.93. The minimum atomic E-state index is -0.144. The average molecular weight is 245 g/mol. The molecule has 0 atom stereocenters. The van der Waals surface area contributed by atoms with Gasteiger partial charge in [0.25, 0.3) is 5.91 Å². The smallest absolute Gasteiger partial charge is 0.260 e. The molecule has 1 aliphatic rings. The van der Waals surface area contributed by atoms with Crippen LogP contribution in [0.2, 0.25) is 0 Å². The minimum Gasteiger partial charge on any atom is -0.275 e. The van der Waals surface area contributed by atoms with Gasteiger partial charge in [0.05, 0.1) is 0 Å². The lowest BCUT2D eigenvalue weighted by Gasteiger charge is -2.26. The first-order chi connectivity index (χ1) is 8.74. The van der Waals surface area contributed by atoms with E-state index in [4.69, 9.17) is 0 Å². The van der Waals surface area contributed by atoms with Crippen molar-refractivity contribution in [2.24, 2.45) is 0 Å². The maximum Gasteiger partial charge on any atom is 0.260 e. The lowest BCUT2D eigenvalue weighted by Crippen LogP contribution is -2.43. The summed E-state index contributed by atoms with van der Waals surface area (Å²) in [5.74, 6) is -0.204. The Bertz CT molecular complexity index is 421. The number of amides is 2. The van der Waals surface area contributed by atoms with Gasteiger partial charge in [0.15, 0.2) is 0 Å². The number of hydrogen-bond acceptors (Lipinski definition) is 2. The Hall–Kier alpha value is -1.64. The summed E-state index contributed by atoms with van der Waals surface area (Å²) in [4.78, 5) is 25.9. The quantitative estimate of drug-likeness (QED) is 0.821. The van der Waals surface area contributed by atoms with Crippen LogP contribution >= 0.6 is 0 Å². The van der Waals surface area contributed by atoms with Crippen molar-refractivity contribution in [2.45, 2.75) is 45.1 Å². The van der Waals surface area contributed by atoms with E-state index in [1.54, 1.807) is 12.1 Å². The van der Waals surface area contributed by atoms with Crippen molar-refractivity contribution < 1.29 is 9.59 Å². The fourth-order valence-electron chi connectivity index (χ4n) is 2.54. The number of nitrogens with zero attached hydrogens (tertiary/aromatic N) is 1. The van der Waals surface area contributed by atoms with Crippen LogP contribution < -0.4 is 0 Å². The van der Waals surface area contributed by atoms with Gasteiger partial charge in [0.1, 0.15) is 0 Å². The summed E-state index contributed by atoms with van der Waals surface area (Å²) in [7, 11) is 0. The summed E-state index contributed by atoms with van der Waals surface area (Å²) in [6.07, 6.45) is 4.50. The van der Waals surface area contributed by atoms with E-state index >= 15 is 0 Å². The molecule has 0 heterocycles. The largest absolute Gasteiger partial charge is 0.275 e. The first-order valence-electron chi connectivity index (χ1n) is 6.65. The van der Waals surface area contributed by atoms with E-state index in [-0.39, 0.29) is 17.9 Å². The third kappa shape index (κ3) is 2.61. The molecular weight excluding hydrogens is 226 g/mol. The van der Waals surface area contributed by atoms with Gasteiger partial charge < -0.3 is 0 Å². The van der Waals surface area contributed by atoms with Gasteiger partial charge in [-0.3, -0.25) is 14.5 Å². The molecule has 1 fully saturated rings. The molecule has 0 saturated heterocycles. The van der Waals surface area contributed by atoms with Crippen molar-refractivity contribution in [1.29, 1.82) is 0 Å². The first-order valence-corrected chi connectivity index (χ1v) is 6.65. The molecule has 0 bridgehead atoms. The Morgan fingerprint density at radius 1 is 1.17 bits per heavy atom. The second-order valence-corrected chi connectivity index (χ2v) is 4.73. The maximum atomic E-state index is 12.4. The summed E-state index contributed by atoms with van der Waals surface area (Å²) in [6.45, 7) is 1.81. The summed E-state index contributed by atoms with van der Waals surface area (Å²) in [5, 5.41) is 0. The Labute approximate surface area is 108 Å². The van der Waals surface area contributed by atoms with Crippen LogP contribution in [0.5, 0.6) is 0 Å². The van der Waals surface area contributed by atoms with E-state index in [1.807, 2.05) is 25.1 Å². The fourth-order valence-corrected chi connectivity index (χ4v) is 2.54. The van der Waals surface area contributed by atoms with Crippen LogP contribution in [-0.4, -0.2) is 22.8 Å². The fraction of sp³-hybridized carbons (Fsp3) is 0.467. The first kappa shape index (κ1) is 12.8. The van der Waals surface area contributed by atoms with Crippen LogP contribution in [0.15, 0.2) is 30.3 Å². The Morgan fingerprint density at radius 3 is 2.33 bits per heavy atom. The van der Waals surface area contributed by atoms with Gasteiger partial charge in [-0.25, -0.2) is 0 Å². The molecule has 3 nitrogen and oxygen atoms in total. The van der Waals surface area contributed by atoms with Crippen molar-refractivity contribution in [3.63, 3.8) is 0 Å². The highest BCUT2D eigenvalue weighted by Crippen LogP contribution is 2.25. The van der Waals surface area contributed by atoms with Gasteiger partial charge in [0.2, 0.25) is 5.91 Å². The van der Waals surface area contributed by atoms with Gasteiger partial charge in [-0.2, -0.15) is 0 Å². The monoisotopic (exact) mass is 245 g/mol. The molecule has 0 aromatic heterocycles. The van der Waals surface area contributed by atoms with Gasteiger partial charge >= 0.3 is 0 Å². The number of benzene rings is 1. The summed E-state index contributed by atoms with van der Waals surface area (Å²) >= 11 is 0. The van der Waals surface area contributed by atoms with Crippen LogP contribution in [0.3, 0.4) is 0 Å². The summed E-state index contributed by atoms with van der Waals surface area (Å²) < 4.78 is 0. The molecule has 2 rings (SSSR count). The third-order valence-corrected chi connectivity index (χ3v) is 3.50. The molecule has 1 aromatic rings. The lowest BCUT2D eigenvalue weighted by molar-refractivity contribution is -0.130. The summed E-state index contributed by atoms with van der Waals surface area (Å²) in [6, 6.07) is 9.18. The van der Waals surface area contributed by atoms with Crippen LogP contribution in [0.1, 0.15) is 49.4 Å². The molecule has 1 saturated carbocycles. The molecule has 1 aromatic carbocycles. The third-order valence-electron chi connectivity index (χ3n) is 3.50. The Morgan fingerprint density at radius 2 is 1.78 bits per heavy atom. The minimum absolute atomic E-state index is 0.0595. The van der Waals surface area contributed by atoms with Crippen molar-refractivity contribution in [3.8, 4) is 0 Å². The zero-order valence-electron chi connectivity index (χ0n) is 10.8. The van der Waals surface area contributed by atoms with E-state index in [1.165, 1.54) is 4.90 Å². The second kappa shape index (κ2) is 5.80. The number of hydrogen-bond donors (Lipinski definition) is 0. The highest BCUT2D eigenvalue weighted by atomic mass is 16.2. The zero-order valence-corrected chi connectivity index (χ0v) is 10.8. The molecule has 0 aliphatic heterocycles. The standard InChI is InChI=1S/C15H19NO2/c1-2-14(17)16(13-10-6-7-11-13)15(18)12-8-4-3-5-9-12/h3-5,8-9,13H,2,6-7,10-11H2,1H3. The zero-order chi connectivity index (χ0) is 13.0. The SMILES string of the molecule is CCC(=O)N(C(=O)c1ccccc1)C1CCCC1. The molecule has 1 aliphatic carbocycles. The van der Waals surface area contributed by atoms with Crippen molar-refractivity contribution in [1.82, 2.24) is 4.90 Å². The van der Waals surface area contributed by atoms with Crippen molar-refractivity contribution in [3.05, 3.63) is 35.9 Å². The summed E-state index contributed by atoms with van der Waals surface area (Å²) in [5.41, 5.74) is 0.603. The normalized spacial score (nSPS) is 15.6. The number of carbonyl (C=O) groups excluding carboxylic acids is 2. The number of rotatable bonds is 3. The van der Waals surface area contributed by atoms with Crippen LogP contribution in [0, 0.1) is 0 Å². The van der Waals surface area contributed by atoms with Gasteiger partial charge in [-0.15, -0.1) is 0 Å². The molecule has 2 amide bonds.